The Morgan fingerprint density at radius 3 is 2.19 bits per heavy atom. The fraction of sp³-hybridized carbons (Fsp3) is 0.800. The molecule has 2 rings (SSSR count). The van der Waals surface area contributed by atoms with E-state index >= 15 is 0 Å². The number of nitrogens with zero attached hydrogens (tertiary/aromatic N) is 1. The monoisotopic (exact) mass is 296 g/mol. The summed E-state index contributed by atoms with van der Waals surface area (Å²) < 4.78 is 0. The number of rotatable bonds is 3. The quantitative estimate of drug-likeness (QED) is 0.809. The maximum absolute atomic E-state index is 12.5. The number of likely N-dealkylation sites (tertiary alicyclic amines) is 1. The molecule has 2 aliphatic rings. The summed E-state index contributed by atoms with van der Waals surface area (Å²) in [6.07, 6.45) is 4.13. The lowest BCUT2D eigenvalue weighted by Crippen LogP contribution is -2.45. The lowest BCUT2D eigenvalue weighted by Gasteiger charge is -2.35. The largest absolute Gasteiger partial charge is 0.481 e. The van der Waals surface area contributed by atoms with Crippen molar-refractivity contribution in [3.63, 3.8) is 0 Å². The number of carbonyl (C=O) groups is 3. The van der Waals surface area contributed by atoms with Gasteiger partial charge in [-0.3, -0.25) is 14.4 Å². The van der Waals surface area contributed by atoms with Crippen LogP contribution in [0.4, 0.5) is 0 Å². The third kappa shape index (κ3) is 3.74. The maximum Gasteiger partial charge on any atom is 0.306 e. The molecule has 2 unspecified atom stereocenters. The molecular weight excluding hydrogens is 272 g/mol. The first-order valence-corrected chi connectivity index (χ1v) is 7.76. The van der Waals surface area contributed by atoms with Gasteiger partial charge in [0, 0.05) is 32.0 Å². The van der Waals surface area contributed by atoms with Crippen LogP contribution in [0.1, 0.15) is 38.5 Å². The summed E-state index contributed by atoms with van der Waals surface area (Å²) in [5.74, 6) is -1.20. The van der Waals surface area contributed by atoms with Gasteiger partial charge in [0.15, 0.2) is 0 Å². The van der Waals surface area contributed by atoms with Gasteiger partial charge in [0.1, 0.15) is 0 Å². The summed E-state index contributed by atoms with van der Waals surface area (Å²) in [6, 6.07) is 0. The molecule has 0 radical (unpaired) electrons. The van der Waals surface area contributed by atoms with Crippen molar-refractivity contribution in [2.75, 3.05) is 20.1 Å². The summed E-state index contributed by atoms with van der Waals surface area (Å²) in [7, 11) is 1.63. The molecule has 1 heterocycles. The van der Waals surface area contributed by atoms with Crippen LogP contribution in [-0.2, 0) is 14.4 Å². The van der Waals surface area contributed by atoms with Crippen molar-refractivity contribution in [2.45, 2.75) is 38.5 Å². The van der Waals surface area contributed by atoms with E-state index in [4.69, 9.17) is 5.11 Å². The highest BCUT2D eigenvalue weighted by atomic mass is 16.4. The fourth-order valence-corrected chi connectivity index (χ4v) is 3.46. The number of hydrogen-bond donors (Lipinski definition) is 2. The van der Waals surface area contributed by atoms with Crippen molar-refractivity contribution in [2.24, 2.45) is 17.8 Å². The standard InChI is InChI=1S/C15H24N2O4/c1-16-13(18)10-5-7-17(8-6-10)14(19)11-3-2-4-12(9-11)15(20)21/h10-12H,2-9H2,1H3,(H,16,18)(H,20,21). The molecule has 0 spiro atoms. The third-order valence-corrected chi connectivity index (χ3v) is 4.80. The van der Waals surface area contributed by atoms with Crippen molar-refractivity contribution in [1.82, 2.24) is 10.2 Å². The van der Waals surface area contributed by atoms with Crippen LogP contribution in [0.5, 0.6) is 0 Å². The van der Waals surface area contributed by atoms with E-state index in [1.807, 2.05) is 4.90 Å². The number of piperidine rings is 1. The molecule has 1 saturated heterocycles. The van der Waals surface area contributed by atoms with Gasteiger partial charge in [0.2, 0.25) is 11.8 Å². The van der Waals surface area contributed by atoms with Gasteiger partial charge in [-0.15, -0.1) is 0 Å². The van der Waals surface area contributed by atoms with Gasteiger partial charge in [-0.2, -0.15) is 0 Å². The molecule has 6 heteroatoms. The minimum atomic E-state index is -0.786. The Hall–Kier alpha value is -1.59. The summed E-state index contributed by atoms with van der Waals surface area (Å²) >= 11 is 0. The highest BCUT2D eigenvalue weighted by Gasteiger charge is 2.35. The van der Waals surface area contributed by atoms with Crippen LogP contribution < -0.4 is 5.32 Å². The maximum atomic E-state index is 12.5. The SMILES string of the molecule is CNC(=O)C1CCN(C(=O)C2CCCC(C(=O)O)C2)CC1. The van der Waals surface area contributed by atoms with Gasteiger partial charge in [0.05, 0.1) is 5.92 Å². The molecule has 6 nitrogen and oxygen atoms in total. The van der Waals surface area contributed by atoms with Crippen LogP contribution in [0.15, 0.2) is 0 Å². The molecule has 1 aliphatic heterocycles. The summed E-state index contributed by atoms with van der Waals surface area (Å²) in [6.45, 7) is 1.20. The molecule has 2 N–H and O–H groups in total. The highest BCUT2D eigenvalue weighted by molar-refractivity contribution is 5.81. The molecule has 118 valence electrons. The molecule has 2 fully saturated rings. The predicted molar refractivity (Wildman–Crippen MR) is 76.5 cm³/mol. The van der Waals surface area contributed by atoms with Gasteiger partial charge in [0.25, 0.3) is 0 Å². The first-order chi connectivity index (χ1) is 10.0. The van der Waals surface area contributed by atoms with Crippen LogP contribution in [-0.4, -0.2) is 47.9 Å². The molecule has 0 bridgehead atoms. The number of carbonyl (C=O) groups excluding carboxylic acids is 2. The van der Waals surface area contributed by atoms with Crippen LogP contribution >= 0.6 is 0 Å². The summed E-state index contributed by atoms with van der Waals surface area (Å²) in [5.41, 5.74) is 0. The van der Waals surface area contributed by atoms with Crippen molar-refractivity contribution < 1.29 is 19.5 Å². The Morgan fingerprint density at radius 2 is 1.62 bits per heavy atom. The average Bonchev–Trinajstić information content (AvgIpc) is 2.53. The zero-order chi connectivity index (χ0) is 15.4. The normalized spacial score (nSPS) is 27.2. The van der Waals surface area contributed by atoms with Crippen molar-refractivity contribution in [3.8, 4) is 0 Å². The topological polar surface area (TPSA) is 86.7 Å². The Labute approximate surface area is 124 Å². The molecule has 21 heavy (non-hydrogen) atoms. The van der Waals surface area contributed by atoms with Crippen molar-refractivity contribution in [3.05, 3.63) is 0 Å². The molecule has 1 saturated carbocycles. The predicted octanol–water partition coefficient (Wildman–Crippen LogP) is 0.862. The summed E-state index contributed by atoms with van der Waals surface area (Å²) in [4.78, 5) is 37.0. The Kier molecular flexibility index (Phi) is 5.20. The fourth-order valence-electron chi connectivity index (χ4n) is 3.46. The van der Waals surface area contributed by atoms with Crippen molar-refractivity contribution >= 4 is 17.8 Å². The second kappa shape index (κ2) is 6.91. The Balaban J connectivity index is 1.87. The van der Waals surface area contributed by atoms with Crippen molar-refractivity contribution in [1.29, 1.82) is 0 Å². The molecule has 2 atom stereocenters. The van der Waals surface area contributed by atoms with Crippen LogP contribution in [0.2, 0.25) is 0 Å². The van der Waals surface area contributed by atoms with E-state index in [9.17, 15) is 14.4 Å². The van der Waals surface area contributed by atoms with E-state index in [1.165, 1.54) is 0 Å². The smallest absolute Gasteiger partial charge is 0.306 e. The number of carboxylic acid groups (broad SMARTS) is 1. The first-order valence-electron chi connectivity index (χ1n) is 7.76. The van der Waals surface area contributed by atoms with Gasteiger partial charge < -0.3 is 15.3 Å². The minimum absolute atomic E-state index is 0.00262. The number of amides is 2. The Bertz CT molecular complexity index is 416. The molecule has 2 amide bonds. The second-order valence-corrected chi connectivity index (χ2v) is 6.11. The zero-order valence-corrected chi connectivity index (χ0v) is 12.5. The van der Waals surface area contributed by atoms with E-state index in [2.05, 4.69) is 5.32 Å². The zero-order valence-electron chi connectivity index (χ0n) is 12.5. The number of hydrogen-bond acceptors (Lipinski definition) is 3. The van der Waals surface area contributed by atoms with E-state index in [0.29, 0.717) is 38.8 Å². The first kappa shape index (κ1) is 15.8. The van der Waals surface area contributed by atoms with Gasteiger partial charge >= 0.3 is 5.97 Å². The highest BCUT2D eigenvalue weighted by Crippen LogP contribution is 2.31. The van der Waals surface area contributed by atoms with Crippen LogP contribution in [0.25, 0.3) is 0 Å². The lowest BCUT2D eigenvalue weighted by molar-refractivity contribution is -0.146. The second-order valence-electron chi connectivity index (χ2n) is 6.11. The van der Waals surface area contributed by atoms with E-state index in [-0.39, 0.29) is 29.6 Å². The number of nitrogens with one attached hydrogen (secondary N) is 1. The minimum Gasteiger partial charge on any atom is -0.481 e. The summed E-state index contributed by atoms with van der Waals surface area (Å²) in [5, 5.41) is 11.8. The van der Waals surface area contributed by atoms with Crippen LogP contribution in [0, 0.1) is 17.8 Å². The van der Waals surface area contributed by atoms with Crippen LogP contribution in [0.3, 0.4) is 0 Å². The van der Waals surface area contributed by atoms with E-state index in [0.717, 1.165) is 12.8 Å². The molecule has 1 aliphatic carbocycles. The lowest BCUT2D eigenvalue weighted by atomic mass is 9.80. The van der Waals surface area contributed by atoms with E-state index < -0.39 is 5.97 Å². The average molecular weight is 296 g/mol. The van der Waals surface area contributed by atoms with Gasteiger partial charge in [-0.1, -0.05) is 6.42 Å². The Morgan fingerprint density at radius 1 is 1.00 bits per heavy atom. The molecular formula is C15H24N2O4. The van der Waals surface area contributed by atoms with Gasteiger partial charge in [-0.25, -0.2) is 0 Å². The molecule has 0 aromatic carbocycles. The molecule has 0 aromatic heterocycles. The van der Waals surface area contributed by atoms with E-state index in [1.54, 1.807) is 7.05 Å². The number of carboxylic acids is 1. The number of aliphatic carboxylic acids is 1. The van der Waals surface area contributed by atoms with Gasteiger partial charge in [-0.05, 0) is 32.1 Å². The molecule has 0 aromatic rings. The third-order valence-electron chi connectivity index (χ3n) is 4.80.